The molecule has 0 radical (unpaired) electrons. The number of nitrogens with one attached hydrogen (secondary N) is 1. The molecule has 0 aliphatic carbocycles. The highest BCUT2D eigenvalue weighted by atomic mass is 79.9. The Kier molecular flexibility index (Phi) is 4.19. The van der Waals surface area contributed by atoms with Crippen LogP contribution >= 0.6 is 15.9 Å². The lowest BCUT2D eigenvalue weighted by Gasteiger charge is -2.31. The summed E-state index contributed by atoms with van der Waals surface area (Å²) in [6, 6.07) is 5.15. The third-order valence-electron chi connectivity index (χ3n) is 3.14. The highest BCUT2D eigenvalue weighted by Gasteiger charge is 2.18. The molecule has 1 heterocycles. The maximum atomic E-state index is 10.8. The molecule has 0 spiro atoms. The second-order valence-corrected chi connectivity index (χ2v) is 5.52. The number of anilines is 1. The van der Waals surface area contributed by atoms with E-state index in [2.05, 4.69) is 33.2 Å². The van der Waals surface area contributed by atoms with Gasteiger partial charge < -0.3 is 10.2 Å². The van der Waals surface area contributed by atoms with Crippen LogP contribution in [0.3, 0.4) is 0 Å². The van der Waals surface area contributed by atoms with Crippen LogP contribution in [0.5, 0.6) is 0 Å². The third kappa shape index (κ3) is 3.20. The minimum atomic E-state index is -0.370. The van der Waals surface area contributed by atoms with Crippen LogP contribution in [-0.2, 0) is 0 Å². The molecule has 0 amide bonds. The van der Waals surface area contributed by atoms with Gasteiger partial charge in [0.25, 0.3) is 5.69 Å². The maximum Gasteiger partial charge on any atom is 0.271 e. The van der Waals surface area contributed by atoms with E-state index in [1.807, 2.05) is 0 Å². The molecule has 1 aliphatic rings. The Bertz CT molecular complexity index is 453. The molecule has 0 saturated carbocycles. The van der Waals surface area contributed by atoms with Crippen molar-refractivity contribution in [1.29, 1.82) is 0 Å². The van der Waals surface area contributed by atoms with Crippen LogP contribution in [0.2, 0.25) is 0 Å². The van der Waals surface area contributed by atoms with Gasteiger partial charge in [-0.15, -0.1) is 0 Å². The lowest BCUT2D eigenvalue weighted by Crippen LogP contribution is -2.39. The van der Waals surface area contributed by atoms with Gasteiger partial charge in [0.15, 0.2) is 0 Å². The number of likely N-dealkylation sites (tertiary alicyclic amines) is 1. The first-order chi connectivity index (χ1) is 8.56. The largest absolute Gasteiger partial charge is 0.380 e. The normalized spacial score (nSPS) is 20.7. The van der Waals surface area contributed by atoms with E-state index in [1.165, 1.54) is 6.07 Å². The molecule has 1 aromatic carbocycles. The molecule has 1 N–H and O–H groups in total. The van der Waals surface area contributed by atoms with Gasteiger partial charge in [0.2, 0.25) is 0 Å². The molecule has 1 aromatic rings. The van der Waals surface area contributed by atoms with Gasteiger partial charge in [0.05, 0.1) is 10.6 Å². The Morgan fingerprint density at radius 1 is 1.56 bits per heavy atom. The van der Waals surface area contributed by atoms with Crippen molar-refractivity contribution in [3.63, 3.8) is 0 Å². The standard InChI is InChI=1S/C12H16BrN3O2/c1-15-6-2-3-9(8-15)14-12-7-10(16(17)18)4-5-11(12)13/h4-5,7,9,14H,2-3,6,8H2,1H3. The average molecular weight is 314 g/mol. The van der Waals surface area contributed by atoms with Crippen molar-refractivity contribution in [3.8, 4) is 0 Å². The van der Waals surface area contributed by atoms with E-state index in [0.29, 0.717) is 6.04 Å². The molecule has 0 bridgehead atoms. The van der Waals surface area contributed by atoms with Crippen LogP contribution in [0.1, 0.15) is 12.8 Å². The molecule has 6 heteroatoms. The fourth-order valence-corrected chi connectivity index (χ4v) is 2.60. The number of hydrogen-bond donors (Lipinski definition) is 1. The summed E-state index contributed by atoms with van der Waals surface area (Å²) >= 11 is 3.42. The Morgan fingerprint density at radius 3 is 3.00 bits per heavy atom. The number of halogens is 1. The first-order valence-electron chi connectivity index (χ1n) is 5.95. The van der Waals surface area contributed by atoms with Crippen LogP contribution in [0.15, 0.2) is 22.7 Å². The van der Waals surface area contributed by atoms with Gasteiger partial charge in [-0.3, -0.25) is 10.1 Å². The van der Waals surface area contributed by atoms with Gasteiger partial charge in [-0.2, -0.15) is 0 Å². The van der Waals surface area contributed by atoms with Gasteiger partial charge in [0.1, 0.15) is 0 Å². The fraction of sp³-hybridized carbons (Fsp3) is 0.500. The molecular formula is C12H16BrN3O2. The summed E-state index contributed by atoms with van der Waals surface area (Å²) in [5, 5.41) is 14.1. The van der Waals surface area contributed by atoms with Crippen molar-refractivity contribution in [2.75, 3.05) is 25.5 Å². The van der Waals surface area contributed by atoms with E-state index in [9.17, 15) is 10.1 Å². The molecule has 5 nitrogen and oxygen atoms in total. The number of rotatable bonds is 3. The lowest BCUT2D eigenvalue weighted by atomic mass is 10.1. The third-order valence-corrected chi connectivity index (χ3v) is 3.84. The monoisotopic (exact) mass is 313 g/mol. The van der Waals surface area contributed by atoms with E-state index in [-0.39, 0.29) is 10.6 Å². The van der Waals surface area contributed by atoms with Gasteiger partial charge in [-0.05, 0) is 48.4 Å². The van der Waals surface area contributed by atoms with E-state index >= 15 is 0 Å². The molecule has 0 aromatic heterocycles. The van der Waals surface area contributed by atoms with Crippen molar-refractivity contribution in [1.82, 2.24) is 4.90 Å². The fourth-order valence-electron chi connectivity index (χ4n) is 2.24. The number of non-ortho nitro benzene ring substituents is 1. The number of nitrogens with zero attached hydrogens (tertiary/aromatic N) is 2. The summed E-state index contributed by atoms with van der Waals surface area (Å²) in [6.07, 6.45) is 2.25. The van der Waals surface area contributed by atoms with Gasteiger partial charge >= 0.3 is 0 Å². The van der Waals surface area contributed by atoms with Crippen molar-refractivity contribution in [2.24, 2.45) is 0 Å². The second-order valence-electron chi connectivity index (χ2n) is 4.67. The molecule has 2 rings (SSSR count). The SMILES string of the molecule is CN1CCCC(Nc2cc([N+](=O)[O-])ccc2Br)C1. The molecule has 1 atom stereocenters. The van der Waals surface area contributed by atoms with Gasteiger partial charge in [0, 0.05) is 29.2 Å². The number of hydrogen-bond acceptors (Lipinski definition) is 4. The van der Waals surface area contributed by atoms with Crippen LogP contribution < -0.4 is 5.32 Å². The van der Waals surface area contributed by atoms with Crippen LogP contribution in [-0.4, -0.2) is 36.0 Å². The summed E-state index contributed by atoms with van der Waals surface area (Å²) in [7, 11) is 2.09. The Morgan fingerprint density at radius 2 is 2.33 bits per heavy atom. The summed E-state index contributed by atoms with van der Waals surface area (Å²) in [6.45, 7) is 2.09. The Hall–Kier alpha value is -1.14. The zero-order valence-corrected chi connectivity index (χ0v) is 11.8. The van der Waals surface area contributed by atoms with Gasteiger partial charge in [-0.1, -0.05) is 0 Å². The molecule has 98 valence electrons. The minimum Gasteiger partial charge on any atom is -0.380 e. The quantitative estimate of drug-likeness (QED) is 0.688. The highest BCUT2D eigenvalue weighted by Crippen LogP contribution is 2.28. The van der Waals surface area contributed by atoms with E-state index in [1.54, 1.807) is 12.1 Å². The van der Waals surface area contributed by atoms with Crippen LogP contribution in [0.25, 0.3) is 0 Å². The number of benzene rings is 1. The minimum absolute atomic E-state index is 0.116. The summed E-state index contributed by atoms with van der Waals surface area (Å²) in [5.41, 5.74) is 0.911. The number of nitro groups is 1. The molecule has 1 saturated heterocycles. The first kappa shape index (κ1) is 13.3. The lowest BCUT2D eigenvalue weighted by molar-refractivity contribution is -0.384. The van der Waals surface area contributed by atoms with Crippen molar-refractivity contribution in [3.05, 3.63) is 32.8 Å². The summed E-state index contributed by atoms with van der Waals surface area (Å²) < 4.78 is 0.862. The predicted molar refractivity (Wildman–Crippen MR) is 74.9 cm³/mol. The first-order valence-corrected chi connectivity index (χ1v) is 6.74. The summed E-state index contributed by atoms with van der Waals surface area (Å²) in [4.78, 5) is 12.7. The smallest absolute Gasteiger partial charge is 0.271 e. The van der Waals surface area contributed by atoms with Crippen molar-refractivity contribution in [2.45, 2.75) is 18.9 Å². The van der Waals surface area contributed by atoms with Crippen molar-refractivity contribution >= 4 is 27.3 Å². The molecule has 1 fully saturated rings. The van der Waals surface area contributed by atoms with E-state index < -0.39 is 0 Å². The summed E-state index contributed by atoms with van der Waals surface area (Å²) in [5.74, 6) is 0. The number of piperidine rings is 1. The molecule has 18 heavy (non-hydrogen) atoms. The average Bonchev–Trinajstić information content (AvgIpc) is 2.31. The van der Waals surface area contributed by atoms with Crippen LogP contribution in [0.4, 0.5) is 11.4 Å². The second kappa shape index (κ2) is 5.67. The highest BCUT2D eigenvalue weighted by molar-refractivity contribution is 9.10. The number of likely N-dealkylation sites (N-methyl/N-ethyl adjacent to an activating group) is 1. The van der Waals surface area contributed by atoms with Crippen molar-refractivity contribution < 1.29 is 4.92 Å². The zero-order valence-electron chi connectivity index (χ0n) is 10.2. The maximum absolute atomic E-state index is 10.8. The zero-order chi connectivity index (χ0) is 13.1. The number of nitro benzene ring substituents is 1. The molecule has 1 aliphatic heterocycles. The van der Waals surface area contributed by atoms with E-state index in [0.717, 1.165) is 36.1 Å². The molecular weight excluding hydrogens is 298 g/mol. The van der Waals surface area contributed by atoms with Crippen LogP contribution in [0, 0.1) is 10.1 Å². The molecule has 1 unspecified atom stereocenters. The van der Waals surface area contributed by atoms with E-state index in [4.69, 9.17) is 0 Å². The van der Waals surface area contributed by atoms with Gasteiger partial charge in [-0.25, -0.2) is 0 Å². The predicted octanol–water partition coefficient (Wildman–Crippen LogP) is 2.86. The topological polar surface area (TPSA) is 58.4 Å². The Labute approximate surface area is 114 Å². The Balaban J connectivity index is 2.12.